The van der Waals surface area contributed by atoms with E-state index in [2.05, 4.69) is 35.1 Å². The fourth-order valence-electron chi connectivity index (χ4n) is 1.28. The molecule has 0 saturated carbocycles. The van der Waals surface area contributed by atoms with Crippen LogP contribution in [-0.4, -0.2) is 11.5 Å². The van der Waals surface area contributed by atoms with Crippen LogP contribution in [-0.2, 0) is 0 Å². The lowest BCUT2D eigenvalue weighted by Crippen LogP contribution is -1.98. The second kappa shape index (κ2) is 14.7. The van der Waals surface area contributed by atoms with Crippen molar-refractivity contribution in [3.05, 3.63) is 69.5 Å². The smallest absolute Gasteiger partial charge is 0.164 e. The van der Waals surface area contributed by atoms with E-state index in [0.717, 1.165) is 5.75 Å². The molecule has 128 valence electrons. The van der Waals surface area contributed by atoms with Crippen LogP contribution in [0, 0.1) is 5.82 Å². The minimum atomic E-state index is -0.602. The van der Waals surface area contributed by atoms with Crippen LogP contribution in [0.25, 0.3) is 0 Å². The highest BCUT2D eigenvalue weighted by atomic mass is 79.9. The molecule has 1 aromatic rings. The number of ketones is 1. The summed E-state index contributed by atoms with van der Waals surface area (Å²) in [5.74, 6) is -0.185. The van der Waals surface area contributed by atoms with Gasteiger partial charge in [0, 0.05) is 5.75 Å². The van der Waals surface area contributed by atoms with Gasteiger partial charge in [-0.2, -0.15) is 12.6 Å². The number of thiol groups is 1. The Hall–Kier alpha value is -0.840. The van der Waals surface area contributed by atoms with Gasteiger partial charge in [0.05, 0.1) is 15.1 Å². The maximum Gasteiger partial charge on any atom is 0.164 e. The van der Waals surface area contributed by atoms with Crippen LogP contribution in [0.15, 0.2) is 53.1 Å². The van der Waals surface area contributed by atoms with Crippen LogP contribution in [0.5, 0.6) is 0 Å². The van der Waals surface area contributed by atoms with Gasteiger partial charge in [0.15, 0.2) is 5.78 Å². The summed E-state index contributed by atoms with van der Waals surface area (Å²) < 4.78 is 13.4. The summed E-state index contributed by atoms with van der Waals surface area (Å²) in [6.45, 7) is 10.8. The van der Waals surface area contributed by atoms with Crippen LogP contribution in [0.1, 0.15) is 38.1 Å². The molecule has 0 bridgehead atoms. The SMILES string of the molecule is C=C/C=C\C(=C/C)CS.CC.CC(=O)c1c(Cl)ccc(Br)c1F. The molecule has 0 fully saturated rings. The average molecular weight is 422 g/mol. The predicted molar refractivity (Wildman–Crippen MR) is 107 cm³/mol. The van der Waals surface area contributed by atoms with Crippen LogP contribution in [0.2, 0.25) is 5.02 Å². The van der Waals surface area contributed by atoms with E-state index in [-0.39, 0.29) is 20.8 Å². The Kier molecular flexibility index (Phi) is 15.6. The molecule has 0 N–H and O–H groups in total. The molecule has 0 aliphatic heterocycles. The largest absolute Gasteiger partial charge is 0.294 e. The van der Waals surface area contributed by atoms with E-state index in [4.69, 9.17) is 11.6 Å². The van der Waals surface area contributed by atoms with Gasteiger partial charge in [-0.1, -0.05) is 56.3 Å². The Balaban J connectivity index is 0. The summed E-state index contributed by atoms with van der Waals surface area (Å²) >= 11 is 12.7. The first-order chi connectivity index (χ1) is 10.9. The number of halogens is 3. The predicted octanol–water partition coefficient (Wildman–Crippen LogP) is 7.08. The Morgan fingerprint density at radius 3 is 2.35 bits per heavy atom. The van der Waals surface area contributed by atoms with Crippen LogP contribution in [0.4, 0.5) is 4.39 Å². The monoisotopic (exact) mass is 420 g/mol. The highest BCUT2D eigenvalue weighted by Crippen LogP contribution is 2.25. The van der Waals surface area contributed by atoms with E-state index >= 15 is 0 Å². The van der Waals surface area contributed by atoms with Crippen molar-refractivity contribution in [3.8, 4) is 0 Å². The van der Waals surface area contributed by atoms with Gasteiger partial charge in [0.25, 0.3) is 0 Å². The molecule has 0 aliphatic carbocycles. The molecule has 1 rings (SSSR count). The fraction of sp³-hybridized carbons (Fsp3) is 0.278. The van der Waals surface area contributed by atoms with Gasteiger partial charge in [-0.15, -0.1) is 0 Å². The Morgan fingerprint density at radius 2 is 2.00 bits per heavy atom. The molecular formula is C18H23BrClFOS. The van der Waals surface area contributed by atoms with Crippen molar-refractivity contribution in [2.24, 2.45) is 0 Å². The van der Waals surface area contributed by atoms with Gasteiger partial charge >= 0.3 is 0 Å². The Labute approximate surface area is 157 Å². The summed E-state index contributed by atoms with van der Waals surface area (Å²) in [5.41, 5.74) is 1.16. The molecule has 0 atom stereocenters. The molecule has 23 heavy (non-hydrogen) atoms. The summed E-state index contributed by atoms with van der Waals surface area (Å²) in [6, 6.07) is 2.94. The van der Waals surface area contributed by atoms with Crippen molar-refractivity contribution in [2.75, 3.05) is 5.75 Å². The highest BCUT2D eigenvalue weighted by molar-refractivity contribution is 9.10. The third kappa shape index (κ3) is 9.80. The number of Topliss-reactive ketones (excluding diaryl/α,β-unsaturated/α-hetero) is 1. The maximum absolute atomic E-state index is 13.2. The molecule has 5 heteroatoms. The van der Waals surface area contributed by atoms with E-state index in [1.54, 1.807) is 6.08 Å². The highest BCUT2D eigenvalue weighted by Gasteiger charge is 2.14. The summed E-state index contributed by atoms with van der Waals surface area (Å²) in [7, 11) is 0. The normalized spacial score (nSPS) is 10.3. The van der Waals surface area contributed by atoms with Gasteiger partial charge in [-0.3, -0.25) is 4.79 Å². The van der Waals surface area contributed by atoms with Crippen molar-refractivity contribution >= 4 is 45.9 Å². The van der Waals surface area contributed by atoms with Gasteiger partial charge < -0.3 is 0 Å². The fourth-order valence-corrected chi connectivity index (χ4v) is 2.18. The molecule has 0 heterocycles. The van der Waals surface area contributed by atoms with Gasteiger partial charge in [0.1, 0.15) is 5.82 Å². The van der Waals surface area contributed by atoms with Gasteiger partial charge in [-0.05, 0) is 47.5 Å². The molecule has 0 unspecified atom stereocenters. The lowest BCUT2D eigenvalue weighted by atomic mass is 10.1. The van der Waals surface area contributed by atoms with Crippen LogP contribution >= 0.6 is 40.2 Å². The summed E-state index contributed by atoms with van der Waals surface area (Å²) in [4.78, 5) is 10.9. The van der Waals surface area contributed by atoms with E-state index in [9.17, 15) is 9.18 Å². The minimum Gasteiger partial charge on any atom is -0.294 e. The molecule has 0 radical (unpaired) electrons. The Morgan fingerprint density at radius 1 is 1.43 bits per heavy atom. The zero-order chi connectivity index (χ0) is 18.4. The second-order valence-corrected chi connectivity index (χ2v) is 5.47. The summed E-state index contributed by atoms with van der Waals surface area (Å²) in [5, 5.41) is 0.142. The third-order valence-corrected chi connectivity index (χ3v) is 3.69. The lowest BCUT2D eigenvalue weighted by Gasteiger charge is -2.02. The third-order valence-electron chi connectivity index (χ3n) is 2.40. The molecule has 0 amide bonds. The van der Waals surface area contributed by atoms with Crippen molar-refractivity contribution in [3.63, 3.8) is 0 Å². The van der Waals surface area contributed by atoms with Crippen LogP contribution < -0.4 is 0 Å². The van der Waals surface area contributed by atoms with Crippen molar-refractivity contribution in [1.29, 1.82) is 0 Å². The number of benzene rings is 1. The molecule has 0 spiro atoms. The van der Waals surface area contributed by atoms with Crippen molar-refractivity contribution in [2.45, 2.75) is 27.7 Å². The number of hydrogen-bond donors (Lipinski definition) is 1. The topological polar surface area (TPSA) is 17.1 Å². The maximum atomic E-state index is 13.2. The molecule has 1 aromatic carbocycles. The Bertz CT molecular complexity index is 568. The van der Waals surface area contributed by atoms with Crippen molar-refractivity contribution in [1.82, 2.24) is 0 Å². The lowest BCUT2D eigenvalue weighted by molar-refractivity contribution is 0.101. The quantitative estimate of drug-likeness (QED) is 0.238. The van der Waals surface area contributed by atoms with Crippen LogP contribution in [0.3, 0.4) is 0 Å². The summed E-state index contributed by atoms with van der Waals surface area (Å²) in [6.07, 6.45) is 7.70. The van der Waals surface area contributed by atoms with E-state index in [1.807, 2.05) is 39.0 Å². The number of hydrogen-bond acceptors (Lipinski definition) is 2. The molecule has 0 aromatic heterocycles. The molecule has 0 saturated heterocycles. The van der Waals surface area contributed by atoms with Gasteiger partial charge in [-0.25, -0.2) is 4.39 Å². The zero-order valence-electron chi connectivity index (χ0n) is 13.9. The molecule has 0 aliphatic rings. The first kappa shape index (κ1) is 24.4. The van der Waals surface area contributed by atoms with E-state index < -0.39 is 5.82 Å². The van der Waals surface area contributed by atoms with E-state index in [1.165, 1.54) is 24.6 Å². The average Bonchev–Trinajstić information content (AvgIpc) is 2.55. The standard InChI is InChI=1S/C8H5BrClFO.C8H12S.C2H6/c1-4(12)7-6(10)3-2-5(9)8(7)11;1-3-5-6-8(4-2)7-9;1-2/h2-3H,1H3;3-6,9H,1,7H2,2H3;1-2H3/b;6-5-,8-4+;. The zero-order valence-corrected chi connectivity index (χ0v) is 17.1. The van der Waals surface area contributed by atoms with Gasteiger partial charge in [0.2, 0.25) is 0 Å². The number of carbonyl (C=O) groups is 1. The number of allylic oxidation sites excluding steroid dienone is 4. The second-order valence-electron chi connectivity index (χ2n) is 3.89. The molecule has 1 nitrogen and oxygen atoms in total. The number of carbonyl (C=O) groups excluding carboxylic acids is 1. The minimum absolute atomic E-state index is 0.0639. The van der Waals surface area contributed by atoms with E-state index in [0.29, 0.717) is 0 Å². The first-order valence-electron chi connectivity index (χ1n) is 7.08. The molecular weight excluding hydrogens is 399 g/mol. The first-order valence-corrected chi connectivity index (χ1v) is 8.88. The van der Waals surface area contributed by atoms with Crippen molar-refractivity contribution < 1.29 is 9.18 Å². The number of rotatable bonds is 4.